The number of hydrogen-bond donors (Lipinski definition) is 0. The molecule has 0 aromatic rings. The Balaban J connectivity index is 2.10. The highest BCUT2D eigenvalue weighted by Crippen LogP contribution is 2.50. The first-order valence-corrected chi connectivity index (χ1v) is 9.45. The molecule has 1 nitrogen and oxygen atoms in total. The fraction of sp³-hybridized carbons (Fsp3) is 1.00. The van der Waals surface area contributed by atoms with Crippen molar-refractivity contribution in [2.24, 2.45) is 5.92 Å². The molecule has 0 amide bonds. The maximum absolute atomic E-state index is 6.56. The van der Waals surface area contributed by atoms with Crippen molar-refractivity contribution in [1.82, 2.24) is 0 Å². The van der Waals surface area contributed by atoms with Crippen molar-refractivity contribution in [2.45, 2.75) is 85.5 Å². The Morgan fingerprint density at radius 3 is 2.16 bits per heavy atom. The van der Waals surface area contributed by atoms with Crippen LogP contribution in [0, 0.1) is 5.92 Å². The minimum atomic E-state index is -0.102. The highest BCUT2D eigenvalue weighted by atomic mass is 79.9. The van der Waals surface area contributed by atoms with E-state index in [4.69, 9.17) is 16.3 Å². The second kappa shape index (κ2) is 5.44. The Bertz CT molecular complexity index is 345. The lowest BCUT2D eigenvalue weighted by Gasteiger charge is -2.52. The third-order valence-corrected chi connectivity index (χ3v) is 8.80. The van der Waals surface area contributed by atoms with Crippen LogP contribution in [-0.2, 0) is 4.74 Å². The summed E-state index contributed by atoms with van der Waals surface area (Å²) >= 11 is 14.1. The normalized spacial score (nSPS) is 51.0. The quantitative estimate of drug-likeness (QED) is 0.501. The Kier molecular flexibility index (Phi) is 4.75. The van der Waals surface area contributed by atoms with Crippen molar-refractivity contribution in [3.8, 4) is 0 Å². The van der Waals surface area contributed by atoms with E-state index in [1.807, 2.05) is 0 Å². The summed E-state index contributed by atoms with van der Waals surface area (Å²) in [5, 5.41) is 0. The van der Waals surface area contributed by atoms with Gasteiger partial charge in [0, 0.05) is 9.65 Å². The SMILES string of the molecule is CC1(C)O[C@@](C)(C2CC[C@@](C)(Cl)[C@H](Br)C2)CC[C@@H]1Br. The van der Waals surface area contributed by atoms with Crippen LogP contribution in [-0.4, -0.2) is 25.7 Å². The van der Waals surface area contributed by atoms with Crippen molar-refractivity contribution in [3.63, 3.8) is 0 Å². The van der Waals surface area contributed by atoms with Gasteiger partial charge in [-0.2, -0.15) is 0 Å². The number of rotatable bonds is 1. The molecule has 0 aromatic heterocycles. The summed E-state index contributed by atoms with van der Waals surface area (Å²) in [5.74, 6) is 0.600. The lowest BCUT2D eigenvalue weighted by Crippen LogP contribution is -2.55. The molecule has 2 fully saturated rings. The number of alkyl halides is 3. The summed E-state index contributed by atoms with van der Waals surface area (Å²) in [6, 6.07) is 0. The predicted molar refractivity (Wildman–Crippen MR) is 89.8 cm³/mol. The fourth-order valence-electron chi connectivity index (χ4n) is 3.55. The molecule has 1 unspecified atom stereocenters. The Hall–Kier alpha value is 1.21. The Morgan fingerprint density at radius 1 is 1.00 bits per heavy atom. The van der Waals surface area contributed by atoms with Crippen LogP contribution in [0.5, 0.6) is 0 Å². The van der Waals surface area contributed by atoms with Crippen LogP contribution < -0.4 is 0 Å². The zero-order valence-electron chi connectivity index (χ0n) is 12.3. The van der Waals surface area contributed by atoms with Gasteiger partial charge in [0.25, 0.3) is 0 Å². The van der Waals surface area contributed by atoms with E-state index in [0.717, 1.165) is 19.3 Å². The topological polar surface area (TPSA) is 9.23 Å². The molecule has 5 atom stereocenters. The van der Waals surface area contributed by atoms with Gasteiger partial charge in [0.2, 0.25) is 0 Å². The van der Waals surface area contributed by atoms with E-state index in [-0.39, 0.29) is 16.1 Å². The second-order valence-electron chi connectivity index (χ2n) is 7.24. The van der Waals surface area contributed by atoms with Gasteiger partial charge in [-0.3, -0.25) is 0 Å². The maximum Gasteiger partial charge on any atom is 0.0758 e. The van der Waals surface area contributed by atoms with Gasteiger partial charge >= 0.3 is 0 Å². The first-order valence-electron chi connectivity index (χ1n) is 7.24. The van der Waals surface area contributed by atoms with Crippen LogP contribution in [0.15, 0.2) is 0 Å². The molecule has 19 heavy (non-hydrogen) atoms. The van der Waals surface area contributed by atoms with Crippen molar-refractivity contribution < 1.29 is 4.74 Å². The molecule has 2 aliphatic rings. The van der Waals surface area contributed by atoms with Crippen LogP contribution in [0.25, 0.3) is 0 Å². The Labute approximate surface area is 139 Å². The van der Waals surface area contributed by atoms with Crippen molar-refractivity contribution in [2.75, 3.05) is 0 Å². The van der Waals surface area contributed by atoms with Crippen molar-refractivity contribution >= 4 is 43.5 Å². The van der Waals surface area contributed by atoms with Gasteiger partial charge in [-0.25, -0.2) is 0 Å². The van der Waals surface area contributed by atoms with E-state index >= 15 is 0 Å². The number of hydrogen-bond acceptors (Lipinski definition) is 1. The number of ether oxygens (including phenoxy) is 1. The first kappa shape index (κ1) is 16.6. The van der Waals surface area contributed by atoms with Crippen LogP contribution in [0.3, 0.4) is 0 Å². The lowest BCUT2D eigenvalue weighted by atomic mass is 9.70. The molecule has 2 rings (SSSR count). The third kappa shape index (κ3) is 3.35. The van der Waals surface area contributed by atoms with E-state index in [0.29, 0.717) is 15.6 Å². The minimum absolute atomic E-state index is 0.00677. The molecule has 1 saturated heterocycles. The van der Waals surface area contributed by atoms with Gasteiger partial charge in [-0.1, -0.05) is 31.9 Å². The van der Waals surface area contributed by atoms with E-state index in [2.05, 4.69) is 59.6 Å². The predicted octanol–water partition coefficient (Wildman–Crippen LogP) is 5.66. The monoisotopic (exact) mass is 414 g/mol. The summed E-state index contributed by atoms with van der Waals surface area (Å²) in [4.78, 5) is 0.731. The highest BCUT2D eigenvalue weighted by Gasteiger charge is 2.50. The summed E-state index contributed by atoms with van der Waals surface area (Å²) in [7, 11) is 0. The molecule has 0 aromatic carbocycles. The standard InChI is InChI=1S/C15H25Br2ClO/c1-13(2)11(16)6-8-15(4,19-13)10-5-7-14(3,18)12(17)9-10/h10-12H,5-9H2,1-4H3/t10?,11-,12+,14+,15+/m0/s1. The van der Waals surface area contributed by atoms with Gasteiger partial charge in [0.05, 0.1) is 16.1 Å². The fourth-order valence-corrected chi connectivity index (χ4v) is 4.75. The molecule has 1 aliphatic carbocycles. The van der Waals surface area contributed by atoms with Gasteiger partial charge in [0.15, 0.2) is 0 Å². The molecule has 0 spiro atoms. The molecule has 0 N–H and O–H groups in total. The summed E-state index contributed by atoms with van der Waals surface area (Å²) in [6.07, 6.45) is 5.66. The average Bonchev–Trinajstić information content (AvgIpc) is 2.27. The van der Waals surface area contributed by atoms with Crippen LogP contribution in [0.4, 0.5) is 0 Å². The van der Waals surface area contributed by atoms with Crippen molar-refractivity contribution in [1.29, 1.82) is 0 Å². The molecule has 1 saturated carbocycles. The maximum atomic E-state index is 6.56. The van der Waals surface area contributed by atoms with Crippen LogP contribution in [0.1, 0.15) is 59.8 Å². The first-order chi connectivity index (χ1) is 8.57. The molecular formula is C15H25Br2ClO. The third-order valence-electron chi connectivity index (χ3n) is 5.13. The van der Waals surface area contributed by atoms with Gasteiger partial charge in [0.1, 0.15) is 0 Å². The molecule has 0 bridgehead atoms. The van der Waals surface area contributed by atoms with E-state index in [1.54, 1.807) is 0 Å². The average molecular weight is 417 g/mol. The molecule has 112 valence electrons. The highest BCUT2D eigenvalue weighted by molar-refractivity contribution is 9.09. The van der Waals surface area contributed by atoms with E-state index < -0.39 is 0 Å². The van der Waals surface area contributed by atoms with Crippen LogP contribution >= 0.6 is 43.5 Å². The van der Waals surface area contributed by atoms with Gasteiger partial charge in [-0.05, 0) is 65.7 Å². The van der Waals surface area contributed by atoms with Gasteiger partial charge in [-0.15, -0.1) is 11.6 Å². The summed E-state index contributed by atoms with van der Waals surface area (Å²) in [5.41, 5.74) is -0.0935. The molecule has 1 aliphatic heterocycles. The Morgan fingerprint density at radius 2 is 1.63 bits per heavy atom. The zero-order valence-corrected chi connectivity index (χ0v) is 16.2. The number of halogens is 3. The molecule has 1 heterocycles. The van der Waals surface area contributed by atoms with Gasteiger partial charge < -0.3 is 4.74 Å². The van der Waals surface area contributed by atoms with Crippen molar-refractivity contribution in [3.05, 3.63) is 0 Å². The summed E-state index contributed by atoms with van der Waals surface area (Å²) < 4.78 is 6.52. The van der Waals surface area contributed by atoms with Crippen LogP contribution in [0.2, 0.25) is 0 Å². The second-order valence-corrected chi connectivity index (χ2v) is 10.3. The zero-order chi connectivity index (χ0) is 14.5. The molecule has 4 heteroatoms. The summed E-state index contributed by atoms with van der Waals surface area (Å²) in [6.45, 7) is 8.84. The van der Waals surface area contributed by atoms with E-state index in [9.17, 15) is 0 Å². The van der Waals surface area contributed by atoms with E-state index in [1.165, 1.54) is 12.8 Å². The largest absolute Gasteiger partial charge is 0.368 e. The molecule has 0 radical (unpaired) electrons. The smallest absolute Gasteiger partial charge is 0.0758 e. The molecular weight excluding hydrogens is 391 g/mol. The minimum Gasteiger partial charge on any atom is -0.368 e. The lowest BCUT2D eigenvalue weighted by molar-refractivity contribution is -0.190.